The molecule has 1 N–H and O–H groups in total. The van der Waals surface area contributed by atoms with E-state index in [0.29, 0.717) is 12.0 Å². The van der Waals surface area contributed by atoms with Crippen molar-refractivity contribution in [2.45, 2.75) is 38.2 Å². The number of carbonyl (C=O) groups is 1. The summed E-state index contributed by atoms with van der Waals surface area (Å²) in [5, 5.41) is 0. The number of hydrogen-bond acceptors (Lipinski definition) is 5. The van der Waals surface area contributed by atoms with Crippen molar-refractivity contribution >= 4 is 31.5 Å². The second-order valence-corrected chi connectivity index (χ2v) is 7.73. The van der Waals surface area contributed by atoms with Crippen molar-refractivity contribution in [3.05, 3.63) is 30.3 Å². The van der Waals surface area contributed by atoms with E-state index in [9.17, 15) is 14.3 Å². The van der Waals surface area contributed by atoms with Gasteiger partial charge in [-0.1, -0.05) is 37.5 Å². The largest absolute Gasteiger partial charge is 0.483 e. The molecule has 0 spiro atoms. The quantitative estimate of drug-likeness (QED) is 0.590. The Labute approximate surface area is 141 Å². The van der Waals surface area contributed by atoms with Crippen LogP contribution in [0.25, 0.3) is 0 Å². The third-order valence-electron chi connectivity index (χ3n) is 3.68. The highest BCUT2D eigenvalue weighted by Crippen LogP contribution is 2.49. The molecule has 1 atom stereocenters. The molecule has 23 heavy (non-hydrogen) atoms. The van der Waals surface area contributed by atoms with Crippen LogP contribution in [0, 0.1) is 0 Å². The Hall–Kier alpha value is -0.850. The molecule has 0 aliphatic heterocycles. The Morgan fingerprint density at radius 2 is 1.96 bits per heavy atom. The molecule has 1 amide bonds. The normalized spacial score (nSPS) is 18.3. The highest BCUT2D eigenvalue weighted by molar-refractivity contribution is 7.98. The molecule has 2 rings (SSSR count). The van der Waals surface area contributed by atoms with Crippen LogP contribution >= 0.6 is 19.9 Å². The Morgan fingerprint density at radius 3 is 2.61 bits per heavy atom. The zero-order valence-corrected chi connectivity index (χ0v) is 14.8. The minimum atomic E-state index is -4.13. The molecule has 1 aromatic carbocycles. The van der Waals surface area contributed by atoms with Crippen molar-refractivity contribution in [3.8, 4) is 0 Å². The first-order valence-corrected chi connectivity index (χ1v) is 10.0. The number of anilines is 1. The van der Waals surface area contributed by atoms with E-state index in [1.165, 1.54) is 4.90 Å². The number of rotatable bonds is 7. The van der Waals surface area contributed by atoms with Gasteiger partial charge < -0.3 is 9.79 Å². The molecule has 1 unspecified atom stereocenters. The van der Waals surface area contributed by atoms with Crippen LogP contribution in [-0.2, 0) is 17.9 Å². The molecule has 8 heteroatoms. The van der Waals surface area contributed by atoms with Gasteiger partial charge in [0.05, 0.1) is 11.9 Å². The van der Waals surface area contributed by atoms with E-state index < -0.39 is 7.82 Å². The second-order valence-electron chi connectivity index (χ2n) is 5.46. The van der Waals surface area contributed by atoms with Gasteiger partial charge in [-0.3, -0.25) is 9.32 Å². The standard InChI is InChI=1S/C15H22NO5PS/c1-16(13-8-4-2-5-9-13)15(17)12-23-21-22(18,19)20-14-10-6-3-7-11-14/h2,4-5,8-9,14H,3,6-7,10-12H2,1H3,(H,18,19). The van der Waals surface area contributed by atoms with Gasteiger partial charge in [0.25, 0.3) is 0 Å². The molecule has 1 aromatic rings. The fourth-order valence-electron chi connectivity index (χ4n) is 2.41. The Morgan fingerprint density at radius 1 is 1.30 bits per heavy atom. The van der Waals surface area contributed by atoms with Gasteiger partial charge in [0, 0.05) is 24.8 Å². The first kappa shape index (κ1) is 18.5. The molecule has 1 saturated carbocycles. The van der Waals surface area contributed by atoms with Gasteiger partial charge in [0.1, 0.15) is 0 Å². The van der Waals surface area contributed by atoms with Gasteiger partial charge in [0.2, 0.25) is 5.91 Å². The van der Waals surface area contributed by atoms with Crippen LogP contribution in [-0.4, -0.2) is 29.7 Å². The molecule has 0 aromatic heterocycles. The number of phosphoric acid groups is 1. The number of benzene rings is 1. The molecule has 1 aliphatic carbocycles. The zero-order valence-electron chi connectivity index (χ0n) is 13.1. The topological polar surface area (TPSA) is 76.1 Å². The third kappa shape index (κ3) is 6.28. The van der Waals surface area contributed by atoms with Crippen molar-refractivity contribution in [1.29, 1.82) is 0 Å². The molecule has 1 aliphatic rings. The first-order chi connectivity index (χ1) is 11.0. The van der Waals surface area contributed by atoms with Gasteiger partial charge in [-0.2, -0.15) is 0 Å². The van der Waals surface area contributed by atoms with Crippen molar-refractivity contribution in [2.75, 3.05) is 17.7 Å². The maximum absolute atomic E-state index is 12.0. The lowest BCUT2D eigenvalue weighted by molar-refractivity contribution is -0.115. The van der Waals surface area contributed by atoms with E-state index in [2.05, 4.69) is 0 Å². The van der Waals surface area contributed by atoms with E-state index in [-0.39, 0.29) is 17.8 Å². The van der Waals surface area contributed by atoms with E-state index in [4.69, 9.17) is 8.49 Å². The SMILES string of the molecule is CN(C(=O)CSOP(=O)(O)OC1CCCCC1)c1ccccc1. The lowest BCUT2D eigenvalue weighted by Gasteiger charge is -2.23. The monoisotopic (exact) mass is 359 g/mol. The van der Waals surface area contributed by atoms with Crippen molar-refractivity contribution < 1.29 is 22.7 Å². The minimum Gasteiger partial charge on any atom is -0.315 e. The van der Waals surface area contributed by atoms with Crippen LogP contribution in [0.5, 0.6) is 0 Å². The second kappa shape index (κ2) is 8.85. The van der Waals surface area contributed by atoms with Gasteiger partial charge in [0.15, 0.2) is 0 Å². The number of para-hydroxylation sites is 1. The van der Waals surface area contributed by atoms with E-state index >= 15 is 0 Å². The van der Waals surface area contributed by atoms with Crippen LogP contribution in [0.15, 0.2) is 30.3 Å². The fraction of sp³-hybridized carbons (Fsp3) is 0.533. The number of hydrogen-bond donors (Lipinski definition) is 1. The highest BCUT2D eigenvalue weighted by atomic mass is 32.2. The van der Waals surface area contributed by atoms with E-state index in [1.807, 2.05) is 30.3 Å². The fourth-order valence-corrected chi connectivity index (χ4v) is 4.18. The highest BCUT2D eigenvalue weighted by Gasteiger charge is 2.28. The predicted octanol–water partition coefficient (Wildman–Crippen LogP) is 3.76. The molecular weight excluding hydrogens is 337 g/mol. The van der Waals surface area contributed by atoms with Crippen molar-refractivity contribution in [1.82, 2.24) is 0 Å². The van der Waals surface area contributed by atoms with E-state index in [1.54, 1.807) is 7.05 Å². The molecule has 6 nitrogen and oxygen atoms in total. The summed E-state index contributed by atoms with van der Waals surface area (Å²) in [6, 6.07) is 9.16. The van der Waals surface area contributed by atoms with Gasteiger partial charge in [-0.15, -0.1) is 0 Å². The molecule has 0 heterocycles. The average Bonchev–Trinajstić information content (AvgIpc) is 2.55. The zero-order chi connectivity index (χ0) is 16.7. The minimum absolute atomic E-state index is 0.0655. The Bertz CT molecular complexity index is 550. The van der Waals surface area contributed by atoms with Crippen molar-refractivity contribution in [3.63, 3.8) is 0 Å². The number of nitrogens with zero attached hydrogens (tertiary/aromatic N) is 1. The first-order valence-electron chi connectivity index (χ1n) is 7.62. The van der Waals surface area contributed by atoms with E-state index in [0.717, 1.165) is 37.8 Å². The summed E-state index contributed by atoms with van der Waals surface area (Å²) in [5.41, 5.74) is 0.753. The Balaban J connectivity index is 1.74. The van der Waals surface area contributed by atoms with Gasteiger partial charge in [-0.05, 0) is 25.0 Å². The Kier molecular flexibility index (Phi) is 7.11. The van der Waals surface area contributed by atoms with Crippen LogP contribution < -0.4 is 4.90 Å². The van der Waals surface area contributed by atoms with Crippen LogP contribution in [0.2, 0.25) is 0 Å². The smallest absolute Gasteiger partial charge is 0.315 e. The number of phosphoric ester groups is 1. The third-order valence-corrected chi connectivity index (χ3v) is 5.79. The lowest BCUT2D eigenvalue weighted by Crippen LogP contribution is -2.27. The maximum atomic E-state index is 12.0. The summed E-state index contributed by atoms with van der Waals surface area (Å²) >= 11 is 0.651. The summed E-state index contributed by atoms with van der Waals surface area (Å²) in [6.45, 7) is 0. The number of carbonyl (C=O) groups excluding carboxylic acids is 1. The molecule has 0 bridgehead atoms. The van der Waals surface area contributed by atoms with Crippen LogP contribution in [0.1, 0.15) is 32.1 Å². The predicted molar refractivity (Wildman–Crippen MR) is 91.2 cm³/mol. The summed E-state index contributed by atoms with van der Waals surface area (Å²) in [6.07, 6.45) is 4.44. The van der Waals surface area contributed by atoms with Gasteiger partial charge >= 0.3 is 7.82 Å². The average molecular weight is 359 g/mol. The molecule has 0 saturated heterocycles. The molecule has 1 fully saturated rings. The molecule has 0 radical (unpaired) electrons. The van der Waals surface area contributed by atoms with Gasteiger partial charge in [-0.25, -0.2) is 8.54 Å². The summed E-state index contributed by atoms with van der Waals surface area (Å²) in [7, 11) is -2.48. The van der Waals surface area contributed by atoms with Crippen LogP contribution in [0.4, 0.5) is 5.69 Å². The maximum Gasteiger partial charge on any atom is 0.483 e. The van der Waals surface area contributed by atoms with Crippen molar-refractivity contribution in [2.24, 2.45) is 0 Å². The molecule has 128 valence electrons. The van der Waals surface area contributed by atoms with Crippen LogP contribution in [0.3, 0.4) is 0 Å². The summed E-state index contributed by atoms with van der Waals surface area (Å²) in [5.74, 6) is -0.289. The summed E-state index contributed by atoms with van der Waals surface area (Å²) in [4.78, 5) is 23.2. The lowest BCUT2D eigenvalue weighted by atomic mass is 9.98. The molecular formula is C15H22NO5PS. The summed E-state index contributed by atoms with van der Waals surface area (Å²) < 4.78 is 21.9. The number of amides is 1.